The van der Waals surface area contributed by atoms with Gasteiger partial charge in [-0.25, -0.2) is 0 Å². The quantitative estimate of drug-likeness (QED) is 0.143. The van der Waals surface area contributed by atoms with Crippen LogP contribution in [0, 0.1) is 0 Å². The molecule has 48 heavy (non-hydrogen) atoms. The van der Waals surface area contributed by atoms with Crippen LogP contribution in [0.5, 0.6) is 0 Å². The topological polar surface area (TPSA) is 229 Å². The lowest BCUT2D eigenvalue weighted by Gasteiger charge is -2.46. The Bertz CT molecular complexity index is 1130. The number of rotatable bonds is 13. The molecule has 0 spiro atoms. The molecule has 0 amide bonds. The van der Waals surface area contributed by atoms with Crippen molar-refractivity contribution >= 4 is 69.3 Å². The van der Waals surface area contributed by atoms with Crippen molar-refractivity contribution in [3.63, 3.8) is 0 Å². The first-order chi connectivity index (χ1) is 22.4. The van der Waals surface area contributed by atoms with Gasteiger partial charge in [-0.3, -0.25) is 38.4 Å². The fraction of sp³-hybridized carbons (Fsp3) is 0.714. The number of carbonyl (C=O) groups excluding carboxylic acids is 8. The summed E-state index contributed by atoms with van der Waals surface area (Å²) in [7, 11) is 1.62. The Morgan fingerprint density at radius 1 is 0.396 bits per heavy atom. The zero-order chi connectivity index (χ0) is 36.3. The molecule has 0 aromatic rings. The van der Waals surface area contributed by atoms with Crippen LogP contribution in [-0.2, 0) is 85.7 Å². The zero-order valence-corrected chi connectivity index (χ0v) is 29.0. The third kappa shape index (κ3) is 12.8. The largest absolute Gasteiger partial charge is 0.463 e. The highest BCUT2D eigenvalue weighted by Crippen LogP contribution is 2.45. The van der Waals surface area contributed by atoms with E-state index in [1.54, 1.807) is 0 Å². The number of hydrogen-bond donors (Lipinski definition) is 0. The van der Waals surface area contributed by atoms with E-state index in [2.05, 4.69) is 0 Å². The molecule has 0 N–H and O–H groups in total. The number of esters is 8. The molecule has 0 unspecified atom stereocenters. The van der Waals surface area contributed by atoms with Crippen LogP contribution in [0.2, 0.25) is 0 Å². The van der Waals surface area contributed by atoms with Crippen molar-refractivity contribution < 1.29 is 85.7 Å². The Labute approximate surface area is 283 Å². The highest BCUT2D eigenvalue weighted by molar-refractivity contribution is 8.77. The maximum atomic E-state index is 12.2. The summed E-state index contributed by atoms with van der Waals surface area (Å²) in [5.41, 5.74) is -2.55. The fourth-order valence-electron chi connectivity index (χ4n) is 4.64. The second kappa shape index (κ2) is 18.8. The highest BCUT2D eigenvalue weighted by Gasteiger charge is 2.55. The molecule has 10 atom stereocenters. The summed E-state index contributed by atoms with van der Waals surface area (Å²) in [6, 6.07) is 0. The van der Waals surface area contributed by atoms with E-state index in [4.69, 9.17) is 47.4 Å². The molecule has 0 aromatic heterocycles. The van der Waals surface area contributed by atoms with Gasteiger partial charge in [0.2, 0.25) is 0 Å². The van der Waals surface area contributed by atoms with E-state index in [0.717, 1.165) is 77.0 Å². The first-order valence-electron chi connectivity index (χ1n) is 14.3. The van der Waals surface area contributed by atoms with Crippen LogP contribution in [-0.4, -0.2) is 121 Å². The van der Waals surface area contributed by atoms with Crippen LogP contribution in [0.15, 0.2) is 0 Å². The molecule has 2 rings (SSSR count). The molecular weight excluding hydrogens is 688 g/mol. The number of carbonyl (C=O) groups is 8. The Morgan fingerprint density at radius 3 is 0.896 bits per heavy atom. The molecule has 20 heteroatoms. The van der Waals surface area contributed by atoms with Gasteiger partial charge in [0, 0.05) is 55.4 Å². The van der Waals surface area contributed by atoms with Crippen LogP contribution in [0.4, 0.5) is 0 Å². The number of ether oxygens (including phenoxy) is 10. The lowest BCUT2D eigenvalue weighted by Crippen LogP contribution is -2.62. The standard InChI is InChI=1S/C28H38O18S2/c1-11(29)37-9-19-21(39-13(3)31)23(41-15(5)33)25(43-17(7)35)27(45-19)47-48-28-26(44-18(8)36)24(42-16(6)34)22(40-14(4)32)20(46-28)10-38-12(2)30/h19-28H,9-10H2,1-8H3/t19-,20-,21-,22-,23+,24+,25-,26-,27-,28+/m1/s1. The third-order valence-electron chi connectivity index (χ3n) is 6.14. The van der Waals surface area contributed by atoms with Gasteiger partial charge in [-0.15, -0.1) is 0 Å². The Morgan fingerprint density at radius 2 is 0.646 bits per heavy atom. The molecule has 18 nitrogen and oxygen atoms in total. The van der Waals surface area contributed by atoms with Crippen molar-refractivity contribution in [2.24, 2.45) is 0 Å². The molecule has 2 aliphatic rings. The van der Waals surface area contributed by atoms with Crippen molar-refractivity contribution in [1.82, 2.24) is 0 Å². The smallest absolute Gasteiger partial charge is 0.303 e. The molecule has 0 radical (unpaired) electrons. The highest BCUT2D eigenvalue weighted by atomic mass is 33.1. The summed E-state index contributed by atoms with van der Waals surface area (Å²) in [6.45, 7) is 7.75. The number of hydrogen-bond acceptors (Lipinski definition) is 20. The van der Waals surface area contributed by atoms with E-state index >= 15 is 0 Å². The molecule has 2 saturated heterocycles. The summed E-state index contributed by atoms with van der Waals surface area (Å²) >= 11 is 0. The van der Waals surface area contributed by atoms with Gasteiger partial charge in [-0.05, 0) is 0 Å². The predicted molar refractivity (Wildman–Crippen MR) is 159 cm³/mol. The lowest BCUT2D eigenvalue weighted by molar-refractivity contribution is -0.238. The molecule has 270 valence electrons. The monoisotopic (exact) mass is 726 g/mol. The minimum Gasteiger partial charge on any atom is -0.463 e. The maximum absolute atomic E-state index is 12.2. The maximum Gasteiger partial charge on any atom is 0.303 e. The second-order valence-corrected chi connectivity index (χ2v) is 12.8. The summed E-state index contributed by atoms with van der Waals surface area (Å²) in [4.78, 5) is 96.1. The van der Waals surface area contributed by atoms with Crippen LogP contribution >= 0.6 is 21.6 Å². The normalized spacial score (nSPS) is 29.7. The van der Waals surface area contributed by atoms with E-state index in [9.17, 15) is 38.4 Å². The van der Waals surface area contributed by atoms with Gasteiger partial charge >= 0.3 is 47.8 Å². The van der Waals surface area contributed by atoms with Crippen LogP contribution in [0.3, 0.4) is 0 Å². The first kappa shape index (κ1) is 40.6. The first-order valence-corrected chi connectivity index (χ1v) is 16.6. The molecule has 0 saturated carbocycles. The zero-order valence-electron chi connectivity index (χ0n) is 27.4. The van der Waals surface area contributed by atoms with E-state index in [0.29, 0.717) is 0 Å². The van der Waals surface area contributed by atoms with E-state index in [-0.39, 0.29) is 0 Å². The van der Waals surface area contributed by atoms with Crippen molar-refractivity contribution in [1.29, 1.82) is 0 Å². The lowest BCUT2D eigenvalue weighted by atomic mass is 9.99. The average molecular weight is 727 g/mol. The van der Waals surface area contributed by atoms with E-state index in [1.807, 2.05) is 0 Å². The van der Waals surface area contributed by atoms with Gasteiger partial charge in [-0.2, -0.15) is 0 Å². The molecule has 2 heterocycles. The second-order valence-electron chi connectivity index (χ2n) is 10.3. The SMILES string of the molecule is CC(=O)OC[C@H]1O[C@H](SS[C@@H]2O[C@H](COC(C)=O)[C@@H](OC(C)=O)[C@H](OC(C)=O)[C@H]2OC(C)=O)[C@H](OC(C)=O)[C@@H](OC(C)=O)[C@@H]1OC(C)=O. The Kier molecular flexibility index (Phi) is 15.9. The molecule has 0 bridgehead atoms. The van der Waals surface area contributed by atoms with Gasteiger partial charge in [-0.1, -0.05) is 21.6 Å². The average Bonchev–Trinajstić information content (AvgIpc) is 2.93. The van der Waals surface area contributed by atoms with Crippen LogP contribution < -0.4 is 0 Å². The van der Waals surface area contributed by atoms with Crippen LogP contribution in [0.25, 0.3) is 0 Å². The molecule has 0 aliphatic carbocycles. The van der Waals surface area contributed by atoms with E-state index < -0.39 is 121 Å². The third-order valence-corrected chi connectivity index (χ3v) is 8.86. The molecule has 2 fully saturated rings. The van der Waals surface area contributed by atoms with Crippen molar-refractivity contribution in [3.8, 4) is 0 Å². The van der Waals surface area contributed by atoms with Crippen molar-refractivity contribution in [3.05, 3.63) is 0 Å². The minimum atomic E-state index is -1.46. The van der Waals surface area contributed by atoms with Gasteiger partial charge in [0.05, 0.1) is 0 Å². The molecule has 0 aromatic carbocycles. The summed E-state index contributed by atoms with van der Waals surface area (Å²) in [5.74, 6) is -6.37. The predicted octanol–water partition coefficient (Wildman–Crippen LogP) is 0.534. The fourth-order valence-corrected chi connectivity index (χ4v) is 7.46. The van der Waals surface area contributed by atoms with E-state index in [1.165, 1.54) is 0 Å². The van der Waals surface area contributed by atoms with Crippen molar-refractivity contribution in [2.45, 2.75) is 115 Å². The minimum absolute atomic E-state index is 0.474. The van der Waals surface area contributed by atoms with Gasteiger partial charge < -0.3 is 47.4 Å². The van der Waals surface area contributed by atoms with Crippen LogP contribution in [0.1, 0.15) is 55.4 Å². The summed E-state index contributed by atoms with van der Waals surface area (Å²) in [5, 5.41) is 0. The van der Waals surface area contributed by atoms with Gasteiger partial charge in [0.15, 0.2) is 47.5 Å². The van der Waals surface area contributed by atoms with Gasteiger partial charge in [0.1, 0.15) is 25.4 Å². The summed E-state index contributed by atoms with van der Waals surface area (Å²) in [6.07, 6.45) is -11.1. The molecule has 2 aliphatic heterocycles. The van der Waals surface area contributed by atoms with Crippen molar-refractivity contribution in [2.75, 3.05) is 13.2 Å². The Balaban J connectivity index is 2.57. The van der Waals surface area contributed by atoms with Gasteiger partial charge in [0.25, 0.3) is 0 Å². The summed E-state index contributed by atoms with van der Waals surface area (Å²) < 4.78 is 54.9. The Hall–Kier alpha value is -3.62. The molecular formula is C28H38O18S2.